The van der Waals surface area contributed by atoms with Crippen LogP contribution >= 0.6 is 15.9 Å². The lowest BCUT2D eigenvalue weighted by Gasteiger charge is -2.08. The predicted octanol–water partition coefficient (Wildman–Crippen LogP) is 5.06. The first-order valence-corrected chi connectivity index (χ1v) is 8.80. The average Bonchev–Trinajstić information content (AvgIpc) is 2.68. The molecular formula is C21H16BrNO3. The van der Waals surface area contributed by atoms with E-state index in [1.54, 1.807) is 48.5 Å². The lowest BCUT2D eigenvalue weighted by molar-refractivity contribution is 0.0472. The molecule has 0 aliphatic carbocycles. The fraction of sp³-hybridized carbons (Fsp3) is 0.0476. The molecule has 5 heteroatoms. The van der Waals surface area contributed by atoms with Crippen LogP contribution in [0, 0.1) is 0 Å². The molecular weight excluding hydrogens is 394 g/mol. The predicted molar refractivity (Wildman–Crippen MR) is 104 cm³/mol. The highest BCUT2D eigenvalue weighted by molar-refractivity contribution is 9.10. The normalized spacial score (nSPS) is 10.2. The minimum atomic E-state index is -0.415. The molecule has 3 aromatic carbocycles. The number of hydrogen-bond acceptors (Lipinski definition) is 3. The van der Waals surface area contributed by atoms with Gasteiger partial charge in [0.15, 0.2) is 0 Å². The van der Waals surface area contributed by atoms with Crippen LogP contribution in [0.2, 0.25) is 0 Å². The van der Waals surface area contributed by atoms with Gasteiger partial charge in [-0.1, -0.05) is 52.3 Å². The van der Waals surface area contributed by atoms with Crippen molar-refractivity contribution in [1.82, 2.24) is 0 Å². The van der Waals surface area contributed by atoms with Gasteiger partial charge in [-0.15, -0.1) is 0 Å². The summed E-state index contributed by atoms with van der Waals surface area (Å²) in [5, 5.41) is 2.79. The van der Waals surface area contributed by atoms with Crippen molar-refractivity contribution in [1.29, 1.82) is 0 Å². The number of carbonyl (C=O) groups is 2. The summed E-state index contributed by atoms with van der Waals surface area (Å²) in [6.07, 6.45) is 0. The third-order valence-corrected chi connectivity index (χ3v) is 4.50. The molecule has 0 atom stereocenters. The molecule has 3 rings (SSSR count). The Morgan fingerprint density at radius 3 is 2.15 bits per heavy atom. The third kappa shape index (κ3) is 4.58. The number of amides is 1. The minimum Gasteiger partial charge on any atom is -0.457 e. The Hall–Kier alpha value is -2.92. The molecule has 0 fully saturated rings. The van der Waals surface area contributed by atoms with E-state index in [2.05, 4.69) is 21.2 Å². The van der Waals surface area contributed by atoms with E-state index >= 15 is 0 Å². The van der Waals surface area contributed by atoms with Crippen LogP contribution in [0.25, 0.3) is 0 Å². The van der Waals surface area contributed by atoms with Crippen molar-refractivity contribution in [2.24, 2.45) is 0 Å². The summed E-state index contributed by atoms with van der Waals surface area (Å²) in [6.45, 7) is 0.187. The van der Waals surface area contributed by atoms with E-state index in [0.717, 1.165) is 10.0 Å². The number of hydrogen-bond donors (Lipinski definition) is 1. The Labute approximate surface area is 159 Å². The van der Waals surface area contributed by atoms with Crippen molar-refractivity contribution in [2.75, 3.05) is 5.32 Å². The van der Waals surface area contributed by atoms with E-state index in [9.17, 15) is 9.59 Å². The molecule has 0 aromatic heterocycles. The van der Waals surface area contributed by atoms with E-state index in [1.165, 1.54) is 0 Å². The molecule has 0 spiro atoms. The fourth-order valence-electron chi connectivity index (χ4n) is 2.32. The lowest BCUT2D eigenvalue weighted by atomic mass is 10.2. The van der Waals surface area contributed by atoms with E-state index in [0.29, 0.717) is 16.8 Å². The van der Waals surface area contributed by atoms with Crippen LogP contribution in [-0.4, -0.2) is 11.9 Å². The molecule has 1 N–H and O–H groups in total. The number of anilines is 1. The van der Waals surface area contributed by atoms with Crippen molar-refractivity contribution < 1.29 is 14.3 Å². The summed E-state index contributed by atoms with van der Waals surface area (Å²) in [5.74, 6) is -0.614. The van der Waals surface area contributed by atoms with Crippen LogP contribution in [0.3, 0.4) is 0 Å². The standard InChI is InChI=1S/C21H16BrNO3/c22-19-9-5-4-8-17(19)14-26-21(25)16-10-12-18(13-11-16)23-20(24)15-6-2-1-3-7-15/h1-13H,14H2,(H,23,24). The Morgan fingerprint density at radius 1 is 0.808 bits per heavy atom. The SMILES string of the molecule is O=C(Nc1ccc(C(=O)OCc2ccccc2Br)cc1)c1ccccc1. The van der Waals surface area contributed by atoms with Gasteiger partial charge in [-0.2, -0.15) is 0 Å². The van der Waals surface area contributed by atoms with Gasteiger partial charge in [0.1, 0.15) is 6.61 Å². The average molecular weight is 410 g/mol. The molecule has 0 bridgehead atoms. The molecule has 0 aliphatic heterocycles. The first-order valence-electron chi connectivity index (χ1n) is 8.00. The first-order chi connectivity index (χ1) is 12.6. The molecule has 4 nitrogen and oxygen atoms in total. The number of rotatable bonds is 5. The van der Waals surface area contributed by atoms with Crippen LogP contribution < -0.4 is 5.32 Å². The molecule has 1 amide bonds. The summed E-state index contributed by atoms with van der Waals surface area (Å²) in [7, 11) is 0. The second-order valence-electron chi connectivity index (χ2n) is 5.57. The molecule has 26 heavy (non-hydrogen) atoms. The summed E-state index contributed by atoms with van der Waals surface area (Å²) < 4.78 is 6.22. The van der Waals surface area contributed by atoms with Gasteiger partial charge in [-0.05, 0) is 42.5 Å². The maximum atomic E-state index is 12.2. The van der Waals surface area contributed by atoms with Crippen molar-refractivity contribution in [2.45, 2.75) is 6.61 Å². The summed E-state index contributed by atoms with van der Waals surface area (Å²) in [4.78, 5) is 24.3. The monoisotopic (exact) mass is 409 g/mol. The smallest absolute Gasteiger partial charge is 0.338 e. The number of halogens is 1. The largest absolute Gasteiger partial charge is 0.457 e. The van der Waals surface area contributed by atoms with E-state index in [-0.39, 0.29) is 12.5 Å². The molecule has 130 valence electrons. The van der Waals surface area contributed by atoms with Gasteiger partial charge in [0, 0.05) is 21.3 Å². The van der Waals surface area contributed by atoms with Crippen molar-refractivity contribution in [3.8, 4) is 0 Å². The zero-order valence-corrected chi connectivity index (χ0v) is 15.4. The van der Waals surface area contributed by atoms with Gasteiger partial charge >= 0.3 is 5.97 Å². The van der Waals surface area contributed by atoms with E-state index < -0.39 is 5.97 Å². The molecule has 0 aliphatic rings. The maximum Gasteiger partial charge on any atom is 0.338 e. The Morgan fingerprint density at radius 2 is 1.46 bits per heavy atom. The third-order valence-electron chi connectivity index (χ3n) is 3.73. The van der Waals surface area contributed by atoms with Gasteiger partial charge in [0.05, 0.1) is 5.56 Å². The first kappa shape index (κ1) is 17.9. The maximum absolute atomic E-state index is 12.2. The number of esters is 1. The van der Waals surface area contributed by atoms with Crippen molar-refractivity contribution in [3.63, 3.8) is 0 Å². The van der Waals surface area contributed by atoms with Gasteiger partial charge in [0.25, 0.3) is 5.91 Å². The van der Waals surface area contributed by atoms with Gasteiger partial charge in [-0.25, -0.2) is 4.79 Å². The quantitative estimate of drug-likeness (QED) is 0.599. The Bertz CT molecular complexity index is 908. The minimum absolute atomic E-state index is 0.187. The Kier molecular flexibility index (Phi) is 5.81. The summed E-state index contributed by atoms with van der Waals surface area (Å²) in [5.41, 5.74) is 2.51. The zero-order chi connectivity index (χ0) is 18.4. The molecule has 0 heterocycles. The topological polar surface area (TPSA) is 55.4 Å². The van der Waals surface area contributed by atoms with Crippen molar-refractivity contribution in [3.05, 3.63) is 100 Å². The molecule has 0 saturated carbocycles. The lowest BCUT2D eigenvalue weighted by Crippen LogP contribution is -2.12. The van der Waals surface area contributed by atoms with Crippen LogP contribution in [0.1, 0.15) is 26.3 Å². The van der Waals surface area contributed by atoms with Gasteiger partial charge in [0.2, 0.25) is 0 Å². The highest BCUT2D eigenvalue weighted by Crippen LogP contribution is 2.18. The second kappa shape index (κ2) is 8.45. The highest BCUT2D eigenvalue weighted by atomic mass is 79.9. The number of carbonyl (C=O) groups excluding carboxylic acids is 2. The summed E-state index contributed by atoms with van der Waals surface area (Å²) in [6, 6.07) is 23.1. The van der Waals surface area contributed by atoms with Crippen LogP contribution in [0.5, 0.6) is 0 Å². The molecule has 0 saturated heterocycles. The van der Waals surface area contributed by atoms with Gasteiger partial charge < -0.3 is 10.1 Å². The summed E-state index contributed by atoms with van der Waals surface area (Å²) >= 11 is 3.42. The highest BCUT2D eigenvalue weighted by Gasteiger charge is 2.10. The number of ether oxygens (including phenoxy) is 1. The molecule has 0 radical (unpaired) electrons. The van der Waals surface area contributed by atoms with Crippen LogP contribution in [-0.2, 0) is 11.3 Å². The molecule has 3 aromatic rings. The van der Waals surface area contributed by atoms with E-state index in [1.807, 2.05) is 30.3 Å². The molecule has 0 unspecified atom stereocenters. The van der Waals surface area contributed by atoms with Crippen LogP contribution in [0.15, 0.2) is 83.3 Å². The van der Waals surface area contributed by atoms with Crippen LogP contribution in [0.4, 0.5) is 5.69 Å². The number of benzene rings is 3. The zero-order valence-electron chi connectivity index (χ0n) is 13.8. The van der Waals surface area contributed by atoms with Crippen molar-refractivity contribution >= 4 is 33.5 Å². The Balaban J connectivity index is 1.59. The van der Waals surface area contributed by atoms with E-state index in [4.69, 9.17) is 4.74 Å². The fourth-order valence-corrected chi connectivity index (χ4v) is 2.72. The number of nitrogens with one attached hydrogen (secondary N) is 1. The second-order valence-corrected chi connectivity index (χ2v) is 6.42. The van der Waals surface area contributed by atoms with Gasteiger partial charge in [-0.3, -0.25) is 4.79 Å².